The Kier molecular flexibility index (Phi) is 3.70. The van der Waals surface area contributed by atoms with Gasteiger partial charge in [-0.2, -0.15) is 0 Å². The third-order valence-corrected chi connectivity index (χ3v) is 2.71. The molecule has 0 amide bonds. The summed E-state index contributed by atoms with van der Waals surface area (Å²) in [4.78, 5) is 0. The maximum atomic E-state index is 12.5. The number of hydrogen-bond acceptors (Lipinski definition) is 0. The highest BCUT2D eigenvalue weighted by atomic mass is 19.4. The zero-order chi connectivity index (χ0) is 15.0. The first-order valence-electron chi connectivity index (χ1n) is 5.79. The van der Waals surface area contributed by atoms with Gasteiger partial charge in [0.05, 0.1) is 5.39 Å². The molecule has 2 rings (SSSR count). The molecule has 20 heavy (non-hydrogen) atoms. The number of quaternary nitrogens is 2. The maximum Gasteiger partial charge on any atom is 0.734 e. The number of hydrogen-bond donors (Lipinski definition) is 2. The lowest BCUT2D eigenvalue weighted by molar-refractivity contribution is -0.474. The molecule has 0 fully saturated rings. The van der Waals surface area contributed by atoms with Crippen LogP contribution in [0.25, 0.3) is 10.8 Å². The molecule has 0 unspecified atom stereocenters. The molecule has 4 N–H and O–H groups in total. The van der Waals surface area contributed by atoms with E-state index >= 15 is 0 Å². The topological polar surface area (TPSA) is 33.2 Å². The quantitative estimate of drug-likeness (QED) is 0.491. The Morgan fingerprint density at radius 3 is 1.40 bits per heavy atom. The third-order valence-electron chi connectivity index (χ3n) is 2.71. The molecule has 0 radical (unpaired) electrons. The average Bonchev–Trinajstić information content (AvgIpc) is 2.25. The molecule has 0 saturated heterocycles. The van der Waals surface area contributed by atoms with Gasteiger partial charge >= 0.3 is 14.2 Å². The van der Waals surface area contributed by atoms with Gasteiger partial charge in [0.1, 0.15) is 11.4 Å². The van der Waals surface area contributed by atoms with E-state index in [1.54, 1.807) is 0 Å². The van der Waals surface area contributed by atoms with Crippen molar-refractivity contribution in [2.75, 3.05) is 0 Å². The van der Waals surface area contributed by atoms with E-state index in [2.05, 4.69) is 0 Å². The van der Waals surface area contributed by atoms with Gasteiger partial charge in [-0.05, 0) is 17.5 Å². The predicted molar refractivity (Wildman–Crippen MR) is 65.3 cm³/mol. The summed E-state index contributed by atoms with van der Waals surface area (Å²) in [7, 11) is -10.5. The fraction of sp³-hybridized carbons (Fsp3) is 0. The summed E-state index contributed by atoms with van der Waals surface area (Å²) in [6, 6.07) is 8.07. The standard InChI is InChI=1S/C10H10B2F6N2/c13-11(14,15)19-8-5-1-3-7-4-2-6-9(10(7)8)20-12(16,17)18/h1-6H,19-20H2. The molecule has 0 bridgehead atoms. The summed E-state index contributed by atoms with van der Waals surface area (Å²) < 4.78 is 75.1. The minimum absolute atomic E-state index is 0.0339. The summed E-state index contributed by atoms with van der Waals surface area (Å²) in [6.45, 7) is 0. The van der Waals surface area contributed by atoms with Gasteiger partial charge in [0.25, 0.3) is 0 Å². The van der Waals surface area contributed by atoms with E-state index in [0.717, 1.165) is 12.1 Å². The second kappa shape index (κ2) is 5.02. The molecule has 0 spiro atoms. The molecule has 0 atom stereocenters. The first-order chi connectivity index (χ1) is 9.16. The lowest BCUT2D eigenvalue weighted by Gasteiger charge is -2.16. The zero-order valence-corrected chi connectivity index (χ0v) is 10.0. The zero-order valence-electron chi connectivity index (χ0n) is 10.0. The van der Waals surface area contributed by atoms with Crippen LogP contribution in [0.15, 0.2) is 36.4 Å². The molecule has 2 aromatic carbocycles. The normalized spacial score (nSPS) is 12.9. The van der Waals surface area contributed by atoms with Crippen LogP contribution in [0.4, 0.5) is 37.3 Å². The van der Waals surface area contributed by atoms with Crippen molar-refractivity contribution in [2.24, 2.45) is 0 Å². The summed E-state index contributed by atoms with van der Waals surface area (Å²) >= 11 is 0. The van der Waals surface area contributed by atoms with Crippen molar-refractivity contribution in [3.05, 3.63) is 36.4 Å². The van der Waals surface area contributed by atoms with Crippen LogP contribution < -0.4 is 10.5 Å². The van der Waals surface area contributed by atoms with E-state index in [-0.39, 0.29) is 27.2 Å². The largest absolute Gasteiger partial charge is 0.734 e. The first-order valence-corrected chi connectivity index (χ1v) is 5.79. The van der Waals surface area contributed by atoms with Gasteiger partial charge in [-0.1, -0.05) is 24.3 Å². The van der Waals surface area contributed by atoms with Gasteiger partial charge in [-0.3, -0.25) is 0 Å². The van der Waals surface area contributed by atoms with E-state index in [4.69, 9.17) is 0 Å². The monoisotopic (exact) mass is 294 g/mol. The van der Waals surface area contributed by atoms with E-state index in [1.165, 1.54) is 24.3 Å². The molecule has 0 saturated carbocycles. The van der Waals surface area contributed by atoms with E-state index < -0.39 is 14.2 Å². The molecule has 0 aromatic heterocycles. The minimum atomic E-state index is -5.23. The fourth-order valence-electron chi connectivity index (χ4n) is 2.08. The van der Waals surface area contributed by atoms with Crippen molar-refractivity contribution in [1.29, 1.82) is 0 Å². The van der Waals surface area contributed by atoms with E-state index in [0.29, 0.717) is 5.39 Å². The van der Waals surface area contributed by atoms with Gasteiger partial charge in [0.2, 0.25) is 0 Å². The fourth-order valence-corrected chi connectivity index (χ4v) is 2.08. The molecule has 0 aliphatic heterocycles. The van der Waals surface area contributed by atoms with Crippen molar-refractivity contribution in [3.8, 4) is 0 Å². The van der Waals surface area contributed by atoms with E-state index in [9.17, 15) is 25.9 Å². The van der Waals surface area contributed by atoms with Crippen LogP contribution in [0, 0.1) is 0 Å². The number of nitrogens with two attached hydrogens (primary N) is 2. The molecular weight excluding hydrogens is 284 g/mol. The Labute approximate surface area is 110 Å². The van der Waals surface area contributed by atoms with Crippen LogP contribution in [-0.2, 0) is 0 Å². The number of benzene rings is 2. The summed E-state index contributed by atoms with van der Waals surface area (Å²) in [5.74, 6) is 0. The van der Waals surface area contributed by atoms with Crippen molar-refractivity contribution in [3.63, 3.8) is 0 Å². The second-order valence-corrected chi connectivity index (χ2v) is 4.38. The Hall–Kier alpha value is -1.67. The average molecular weight is 294 g/mol. The first kappa shape index (κ1) is 14.7. The molecule has 10 heteroatoms. The van der Waals surface area contributed by atoms with Crippen molar-refractivity contribution >= 4 is 36.4 Å². The molecule has 2 nitrogen and oxygen atoms in total. The molecule has 0 aliphatic carbocycles. The van der Waals surface area contributed by atoms with Crippen molar-refractivity contribution < 1.29 is 36.3 Å². The molecular formula is C10H10B2F6N2. The lowest BCUT2D eigenvalue weighted by Crippen LogP contribution is -2.93. The van der Waals surface area contributed by atoms with Crippen LogP contribution in [0.1, 0.15) is 0 Å². The highest BCUT2D eigenvalue weighted by Gasteiger charge is 2.36. The van der Waals surface area contributed by atoms with E-state index in [1.807, 2.05) is 0 Å². The lowest BCUT2D eigenvalue weighted by atomic mass is 10.0. The number of rotatable bonds is 4. The Morgan fingerprint density at radius 2 is 1.05 bits per heavy atom. The van der Waals surface area contributed by atoms with Gasteiger partial charge < -0.3 is 36.3 Å². The SMILES string of the molecule is F[B-](F)(F)[NH2+]c1cccc2cccc([NH2+][B-](F)(F)F)c12. The minimum Gasteiger partial charge on any atom is -0.410 e. The second-order valence-electron chi connectivity index (χ2n) is 4.38. The summed E-state index contributed by atoms with van der Waals surface area (Å²) in [5, 5.41) is 0.451. The van der Waals surface area contributed by atoms with Gasteiger partial charge in [-0.15, -0.1) is 0 Å². The highest BCUT2D eigenvalue weighted by molar-refractivity contribution is 6.49. The van der Waals surface area contributed by atoms with Crippen LogP contribution in [-0.4, -0.2) is 14.2 Å². The highest BCUT2D eigenvalue weighted by Crippen LogP contribution is 2.26. The van der Waals surface area contributed by atoms with Crippen molar-refractivity contribution in [1.82, 2.24) is 0 Å². The maximum absolute atomic E-state index is 12.5. The Bertz CT molecular complexity index is 574. The summed E-state index contributed by atoms with van der Waals surface area (Å²) in [5.41, 5.74) is -0.496. The smallest absolute Gasteiger partial charge is 0.410 e. The third kappa shape index (κ3) is 3.67. The molecule has 108 valence electrons. The Morgan fingerprint density at radius 1 is 0.650 bits per heavy atom. The summed E-state index contributed by atoms with van der Waals surface area (Å²) in [6.07, 6.45) is 0. The van der Waals surface area contributed by atoms with Gasteiger partial charge in [0.15, 0.2) is 0 Å². The van der Waals surface area contributed by atoms with Crippen LogP contribution in [0.2, 0.25) is 0 Å². The molecule has 2 aromatic rings. The number of fused-ring (bicyclic) bond motifs is 1. The van der Waals surface area contributed by atoms with Crippen LogP contribution in [0.5, 0.6) is 0 Å². The Balaban J connectivity index is 2.58. The van der Waals surface area contributed by atoms with Gasteiger partial charge in [-0.25, -0.2) is 0 Å². The van der Waals surface area contributed by atoms with Gasteiger partial charge in [0, 0.05) is 0 Å². The van der Waals surface area contributed by atoms with Crippen LogP contribution >= 0.6 is 0 Å². The predicted octanol–water partition coefficient (Wildman–Crippen LogP) is 1.92. The number of halogens is 6. The molecule has 0 heterocycles. The molecule has 0 aliphatic rings. The van der Waals surface area contributed by atoms with Crippen LogP contribution in [0.3, 0.4) is 0 Å². The van der Waals surface area contributed by atoms with Crippen molar-refractivity contribution in [2.45, 2.75) is 0 Å².